The van der Waals surface area contributed by atoms with E-state index in [1.54, 1.807) is 21.9 Å². The lowest BCUT2D eigenvalue weighted by molar-refractivity contribution is -0.130. The highest BCUT2D eigenvalue weighted by atomic mass is 19.1. The number of rotatable bonds is 6. The number of nitrogens with one attached hydrogen (secondary N) is 1. The first-order valence-electron chi connectivity index (χ1n) is 9.75. The first-order chi connectivity index (χ1) is 13.8. The molecule has 1 fully saturated rings. The van der Waals surface area contributed by atoms with Gasteiger partial charge in [-0.2, -0.15) is 4.98 Å². The van der Waals surface area contributed by atoms with Gasteiger partial charge in [0.25, 0.3) is 0 Å². The van der Waals surface area contributed by atoms with Crippen molar-refractivity contribution in [3.05, 3.63) is 41.8 Å². The number of nitrogens with zero attached hydrogens (tertiary/aromatic N) is 4. The van der Waals surface area contributed by atoms with Crippen LogP contribution < -0.4 is 5.32 Å². The first kappa shape index (κ1) is 20.8. The van der Waals surface area contributed by atoms with E-state index in [-0.39, 0.29) is 29.6 Å². The highest BCUT2D eigenvalue weighted by molar-refractivity contribution is 5.89. The van der Waals surface area contributed by atoms with E-state index in [1.165, 1.54) is 19.1 Å². The minimum absolute atomic E-state index is 0.0704. The van der Waals surface area contributed by atoms with Crippen LogP contribution in [0.5, 0.6) is 0 Å². The Morgan fingerprint density at radius 2 is 2.14 bits per heavy atom. The molecule has 9 heteroatoms. The standard InChI is InChI=1S/C20H26FN5O3/c1-13(2)19-23-18(24-29-19)9-11-26(14(3)27)15-8-10-25(12-15)20(28)22-17-7-5-4-6-16(17)21/h4-7,13,15H,8-12H2,1-3H3,(H,22,28). The molecule has 0 bridgehead atoms. The zero-order valence-corrected chi connectivity index (χ0v) is 16.9. The van der Waals surface area contributed by atoms with Crippen molar-refractivity contribution in [2.45, 2.75) is 45.6 Å². The summed E-state index contributed by atoms with van der Waals surface area (Å²) in [7, 11) is 0. The fourth-order valence-corrected chi connectivity index (χ4v) is 3.36. The van der Waals surface area contributed by atoms with Crippen molar-refractivity contribution in [3.63, 3.8) is 0 Å². The van der Waals surface area contributed by atoms with Crippen LogP contribution >= 0.6 is 0 Å². The van der Waals surface area contributed by atoms with Crippen molar-refractivity contribution in [1.29, 1.82) is 0 Å². The van der Waals surface area contributed by atoms with Gasteiger partial charge < -0.3 is 19.6 Å². The minimum atomic E-state index is -0.483. The van der Waals surface area contributed by atoms with Crippen LogP contribution in [0.15, 0.2) is 28.8 Å². The van der Waals surface area contributed by atoms with Crippen molar-refractivity contribution in [2.24, 2.45) is 0 Å². The Kier molecular flexibility index (Phi) is 6.46. The molecule has 1 aliphatic rings. The lowest BCUT2D eigenvalue weighted by Crippen LogP contribution is -2.43. The quantitative estimate of drug-likeness (QED) is 0.800. The van der Waals surface area contributed by atoms with Crippen molar-refractivity contribution in [2.75, 3.05) is 25.0 Å². The molecule has 156 valence electrons. The number of para-hydroxylation sites is 1. The summed E-state index contributed by atoms with van der Waals surface area (Å²) in [6.07, 6.45) is 1.14. The van der Waals surface area contributed by atoms with E-state index in [9.17, 15) is 14.0 Å². The van der Waals surface area contributed by atoms with Gasteiger partial charge in [0.1, 0.15) is 5.82 Å². The second-order valence-corrected chi connectivity index (χ2v) is 7.46. The lowest BCUT2D eigenvalue weighted by Gasteiger charge is -2.27. The lowest BCUT2D eigenvalue weighted by atomic mass is 10.2. The molecule has 0 saturated carbocycles. The molecule has 1 aliphatic heterocycles. The van der Waals surface area contributed by atoms with Gasteiger partial charge in [-0.15, -0.1) is 0 Å². The van der Waals surface area contributed by atoms with Crippen LogP contribution in [0.3, 0.4) is 0 Å². The van der Waals surface area contributed by atoms with Gasteiger partial charge in [0.05, 0.1) is 11.7 Å². The molecule has 2 heterocycles. The summed E-state index contributed by atoms with van der Waals surface area (Å²) < 4.78 is 19.0. The normalized spacial score (nSPS) is 16.3. The molecular weight excluding hydrogens is 377 g/mol. The number of halogens is 1. The Bertz CT molecular complexity index is 869. The molecule has 1 atom stereocenters. The second kappa shape index (κ2) is 9.02. The summed E-state index contributed by atoms with van der Waals surface area (Å²) in [6.45, 7) is 6.78. The summed E-state index contributed by atoms with van der Waals surface area (Å²) in [5.41, 5.74) is 0.141. The molecule has 0 aliphatic carbocycles. The molecule has 3 rings (SSSR count). The van der Waals surface area contributed by atoms with Gasteiger partial charge in [0.2, 0.25) is 11.8 Å². The molecule has 2 aromatic rings. The monoisotopic (exact) mass is 403 g/mol. The summed E-state index contributed by atoms with van der Waals surface area (Å²) in [5, 5.41) is 6.55. The Labute approximate surface area is 169 Å². The molecule has 1 unspecified atom stereocenters. The maximum atomic E-state index is 13.8. The summed E-state index contributed by atoms with van der Waals surface area (Å²) in [4.78, 5) is 32.3. The van der Waals surface area contributed by atoms with Crippen molar-refractivity contribution < 1.29 is 18.5 Å². The maximum absolute atomic E-state index is 13.8. The fraction of sp³-hybridized carbons (Fsp3) is 0.500. The number of hydrogen-bond acceptors (Lipinski definition) is 5. The third-order valence-corrected chi connectivity index (χ3v) is 4.97. The molecule has 29 heavy (non-hydrogen) atoms. The van der Waals surface area contributed by atoms with Gasteiger partial charge in [-0.05, 0) is 18.6 Å². The molecule has 1 aromatic heterocycles. The number of carbonyl (C=O) groups is 2. The highest BCUT2D eigenvalue weighted by Gasteiger charge is 2.32. The molecule has 0 radical (unpaired) electrons. The first-order valence-corrected chi connectivity index (χ1v) is 9.75. The number of hydrogen-bond donors (Lipinski definition) is 1. The minimum Gasteiger partial charge on any atom is -0.339 e. The third kappa shape index (κ3) is 5.10. The van der Waals surface area contributed by atoms with Gasteiger partial charge in [0, 0.05) is 38.9 Å². The predicted molar refractivity (Wildman–Crippen MR) is 105 cm³/mol. The summed E-state index contributed by atoms with van der Waals surface area (Å²) in [5.74, 6) is 0.733. The van der Waals surface area contributed by atoms with Gasteiger partial charge in [0.15, 0.2) is 5.82 Å². The molecule has 1 N–H and O–H groups in total. The highest BCUT2D eigenvalue weighted by Crippen LogP contribution is 2.19. The van der Waals surface area contributed by atoms with E-state index < -0.39 is 5.82 Å². The van der Waals surface area contributed by atoms with Gasteiger partial charge in [-0.25, -0.2) is 9.18 Å². The van der Waals surface area contributed by atoms with E-state index in [1.807, 2.05) is 13.8 Å². The molecule has 3 amide bonds. The Morgan fingerprint density at radius 3 is 2.79 bits per heavy atom. The van der Waals surface area contributed by atoms with Crippen molar-refractivity contribution >= 4 is 17.6 Å². The van der Waals surface area contributed by atoms with E-state index in [4.69, 9.17) is 4.52 Å². The SMILES string of the molecule is CC(=O)N(CCc1noc(C(C)C)n1)C1CCN(C(=O)Nc2ccccc2F)C1. The average molecular weight is 403 g/mol. The van der Waals surface area contributed by atoms with Gasteiger partial charge >= 0.3 is 6.03 Å². The number of urea groups is 1. The molecular formula is C20H26FN5O3. The number of amides is 3. The predicted octanol–water partition coefficient (Wildman–Crippen LogP) is 3.03. The fourth-order valence-electron chi connectivity index (χ4n) is 3.36. The molecule has 8 nitrogen and oxygen atoms in total. The van der Waals surface area contributed by atoms with Crippen LogP contribution in [0.1, 0.15) is 44.8 Å². The van der Waals surface area contributed by atoms with E-state index in [0.717, 1.165) is 0 Å². The Morgan fingerprint density at radius 1 is 1.38 bits per heavy atom. The number of carbonyl (C=O) groups excluding carboxylic acids is 2. The molecule has 1 saturated heterocycles. The zero-order chi connectivity index (χ0) is 21.0. The average Bonchev–Trinajstić information content (AvgIpc) is 3.33. The van der Waals surface area contributed by atoms with Crippen LogP contribution in [0.2, 0.25) is 0 Å². The van der Waals surface area contributed by atoms with Gasteiger partial charge in [-0.3, -0.25) is 4.79 Å². The van der Waals surface area contributed by atoms with Crippen LogP contribution in [0, 0.1) is 5.82 Å². The van der Waals surface area contributed by atoms with Crippen LogP contribution in [0.4, 0.5) is 14.9 Å². The van der Waals surface area contributed by atoms with E-state index in [2.05, 4.69) is 15.5 Å². The number of benzene rings is 1. The van der Waals surface area contributed by atoms with Crippen LogP contribution in [-0.2, 0) is 11.2 Å². The van der Waals surface area contributed by atoms with Crippen LogP contribution in [-0.4, -0.2) is 57.6 Å². The Hall–Kier alpha value is -2.97. The molecule has 0 spiro atoms. The van der Waals surface area contributed by atoms with Gasteiger partial charge in [-0.1, -0.05) is 31.1 Å². The smallest absolute Gasteiger partial charge is 0.321 e. The number of anilines is 1. The zero-order valence-electron chi connectivity index (χ0n) is 16.9. The molecule has 1 aromatic carbocycles. The largest absolute Gasteiger partial charge is 0.339 e. The number of aromatic nitrogens is 2. The Balaban J connectivity index is 1.57. The van der Waals surface area contributed by atoms with E-state index >= 15 is 0 Å². The number of likely N-dealkylation sites (tertiary alicyclic amines) is 1. The van der Waals surface area contributed by atoms with Crippen molar-refractivity contribution in [1.82, 2.24) is 19.9 Å². The summed E-state index contributed by atoms with van der Waals surface area (Å²) >= 11 is 0. The summed E-state index contributed by atoms with van der Waals surface area (Å²) in [6, 6.07) is 5.55. The third-order valence-electron chi connectivity index (χ3n) is 4.97. The maximum Gasteiger partial charge on any atom is 0.321 e. The van der Waals surface area contributed by atoms with Crippen molar-refractivity contribution in [3.8, 4) is 0 Å². The second-order valence-electron chi connectivity index (χ2n) is 7.46. The van der Waals surface area contributed by atoms with Crippen LogP contribution in [0.25, 0.3) is 0 Å². The van der Waals surface area contributed by atoms with E-state index in [0.29, 0.717) is 44.2 Å². The topological polar surface area (TPSA) is 91.6 Å².